The van der Waals surface area contributed by atoms with Gasteiger partial charge in [0, 0.05) is 16.6 Å². The number of hydrogen-bond acceptors (Lipinski definition) is 2. The second kappa shape index (κ2) is 7.52. The summed E-state index contributed by atoms with van der Waals surface area (Å²) in [4.78, 5) is 12.1. The molecule has 0 spiro atoms. The number of halogens is 2. The first-order valence-electron chi connectivity index (χ1n) is 6.90. The van der Waals surface area contributed by atoms with E-state index in [-0.39, 0.29) is 5.91 Å². The van der Waals surface area contributed by atoms with Crippen molar-refractivity contribution < 1.29 is 9.53 Å². The lowest BCUT2D eigenvalue weighted by atomic mass is 10.2. The average molecular weight is 338 g/mol. The summed E-state index contributed by atoms with van der Waals surface area (Å²) in [5.74, 6) is 0.443. The monoisotopic (exact) mass is 337 g/mol. The maximum atomic E-state index is 12.1. The van der Waals surface area contributed by atoms with Crippen LogP contribution in [0, 0.1) is 6.92 Å². The summed E-state index contributed by atoms with van der Waals surface area (Å²) in [5.41, 5.74) is 1.89. The number of rotatable bonds is 5. The number of carbonyl (C=O) groups excluding carboxylic acids is 1. The fourth-order valence-corrected chi connectivity index (χ4v) is 2.13. The first-order valence-corrected chi connectivity index (χ1v) is 7.66. The Bertz CT molecular complexity index is 656. The van der Waals surface area contributed by atoms with Gasteiger partial charge in [0.25, 0.3) is 5.91 Å². The van der Waals surface area contributed by atoms with E-state index in [9.17, 15) is 4.79 Å². The predicted molar refractivity (Wildman–Crippen MR) is 89.6 cm³/mol. The molecule has 0 fully saturated rings. The summed E-state index contributed by atoms with van der Waals surface area (Å²) in [6.45, 7) is 4.03. The zero-order chi connectivity index (χ0) is 16.1. The van der Waals surface area contributed by atoms with Gasteiger partial charge in [-0.25, -0.2) is 0 Å². The number of hydrogen-bond donors (Lipinski definition) is 1. The second-order valence-electron chi connectivity index (χ2n) is 5.02. The highest BCUT2D eigenvalue weighted by Crippen LogP contribution is 2.21. The summed E-state index contributed by atoms with van der Waals surface area (Å²) in [6.07, 6.45) is -0.590. The predicted octanol–water partition coefficient (Wildman–Crippen LogP) is 4.39. The third-order valence-electron chi connectivity index (χ3n) is 3.19. The molecule has 5 heteroatoms. The van der Waals surface area contributed by atoms with Crippen LogP contribution in [0.25, 0.3) is 0 Å². The Kier molecular flexibility index (Phi) is 5.69. The van der Waals surface area contributed by atoms with E-state index in [1.165, 1.54) is 0 Å². The van der Waals surface area contributed by atoms with Crippen molar-refractivity contribution in [2.75, 3.05) is 0 Å². The van der Waals surface area contributed by atoms with Crippen LogP contribution in [0.5, 0.6) is 5.75 Å². The quantitative estimate of drug-likeness (QED) is 0.878. The third kappa shape index (κ3) is 4.65. The van der Waals surface area contributed by atoms with Gasteiger partial charge in [-0.05, 0) is 55.3 Å². The molecule has 1 unspecified atom stereocenters. The number of benzene rings is 2. The van der Waals surface area contributed by atoms with Gasteiger partial charge in [0.15, 0.2) is 6.10 Å². The molecule has 0 saturated carbocycles. The molecule has 0 aliphatic heterocycles. The fraction of sp³-hybridized carbons (Fsp3) is 0.235. The smallest absolute Gasteiger partial charge is 0.261 e. The van der Waals surface area contributed by atoms with Crippen molar-refractivity contribution in [1.82, 2.24) is 5.32 Å². The van der Waals surface area contributed by atoms with Crippen LogP contribution in [0.3, 0.4) is 0 Å². The van der Waals surface area contributed by atoms with E-state index in [4.69, 9.17) is 27.9 Å². The van der Waals surface area contributed by atoms with E-state index in [2.05, 4.69) is 5.32 Å². The molecule has 0 bridgehead atoms. The molecule has 3 nitrogen and oxygen atoms in total. The summed E-state index contributed by atoms with van der Waals surface area (Å²) >= 11 is 11.8. The zero-order valence-electron chi connectivity index (χ0n) is 12.4. The van der Waals surface area contributed by atoms with Gasteiger partial charge in [-0.2, -0.15) is 0 Å². The molecule has 1 atom stereocenters. The largest absolute Gasteiger partial charge is 0.481 e. The van der Waals surface area contributed by atoms with Gasteiger partial charge >= 0.3 is 0 Å². The van der Waals surface area contributed by atoms with E-state index in [0.717, 1.165) is 11.1 Å². The molecule has 0 radical (unpaired) electrons. The number of nitrogens with one attached hydrogen (secondary N) is 1. The van der Waals surface area contributed by atoms with Crippen molar-refractivity contribution in [3.8, 4) is 5.75 Å². The lowest BCUT2D eigenvalue weighted by Gasteiger charge is -2.15. The third-order valence-corrected chi connectivity index (χ3v) is 3.87. The minimum atomic E-state index is -0.590. The topological polar surface area (TPSA) is 38.3 Å². The number of amides is 1. The van der Waals surface area contributed by atoms with Gasteiger partial charge in [-0.1, -0.05) is 35.3 Å². The lowest BCUT2D eigenvalue weighted by molar-refractivity contribution is -0.127. The molecule has 1 N–H and O–H groups in total. The molecule has 0 aliphatic rings. The van der Waals surface area contributed by atoms with Crippen molar-refractivity contribution >= 4 is 29.1 Å². The maximum Gasteiger partial charge on any atom is 0.261 e. The molecule has 0 aromatic heterocycles. The standard InChI is InChI=1S/C17H17Cl2NO2/c1-11-9-15(7-8-16(11)19)22-12(2)17(21)20-10-13-3-5-14(18)6-4-13/h3-9,12H,10H2,1-2H3,(H,20,21). The van der Waals surface area contributed by atoms with E-state index < -0.39 is 6.10 Å². The van der Waals surface area contributed by atoms with Gasteiger partial charge in [0.2, 0.25) is 0 Å². The van der Waals surface area contributed by atoms with Crippen molar-refractivity contribution in [2.24, 2.45) is 0 Å². The SMILES string of the molecule is Cc1cc(OC(C)C(=O)NCc2ccc(Cl)cc2)ccc1Cl. The van der Waals surface area contributed by atoms with E-state index in [1.807, 2.05) is 25.1 Å². The highest BCUT2D eigenvalue weighted by molar-refractivity contribution is 6.31. The molecule has 2 rings (SSSR count). The van der Waals surface area contributed by atoms with Crippen molar-refractivity contribution in [1.29, 1.82) is 0 Å². The van der Waals surface area contributed by atoms with Crippen LogP contribution in [0.1, 0.15) is 18.1 Å². The minimum Gasteiger partial charge on any atom is -0.481 e. The maximum absolute atomic E-state index is 12.1. The van der Waals surface area contributed by atoms with Crippen LogP contribution in [0.2, 0.25) is 10.0 Å². The second-order valence-corrected chi connectivity index (χ2v) is 5.86. The Labute approximate surface area is 140 Å². The normalized spacial score (nSPS) is 11.8. The Morgan fingerprint density at radius 1 is 1.18 bits per heavy atom. The van der Waals surface area contributed by atoms with Crippen molar-refractivity contribution in [3.63, 3.8) is 0 Å². The van der Waals surface area contributed by atoms with Crippen LogP contribution in [0.15, 0.2) is 42.5 Å². The first kappa shape index (κ1) is 16.7. The Morgan fingerprint density at radius 3 is 2.50 bits per heavy atom. The minimum absolute atomic E-state index is 0.178. The molecule has 0 heterocycles. The van der Waals surface area contributed by atoms with Crippen LogP contribution >= 0.6 is 23.2 Å². The van der Waals surface area contributed by atoms with Gasteiger partial charge in [0.1, 0.15) is 5.75 Å². The zero-order valence-corrected chi connectivity index (χ0v) is 13.9. The number of ether oxygens (including phenoxy) is 1. The van der Waals surface area contributed by atoms with Gasteiger partial charge in [-0.15, -0.1) is 0 Å². The first-order chi connectivity index (χ1) is 10.5. The van der Waals surface area contributed by atoms with Gasteiger partial charge in [0.05, 0.1) is 0 Å². The van der Waals surface area contributed by atoms with E-state index in [0.29, 0.717) is 22.3 Å². The van der Waals surface area contributed by atoms with Crippen molar-refractivity contribution in [3.05, 3.63) is 63.6 Å². The van der Waals surface area contributed by atoms with Crippen LogP contribution < -0.4 is 10.1 Å². The summed E-state index contributed by atoms with van der Waals surface area (Å²) in [5, 5.41) is 4.18. The van der Waals surface area contributed by atoms with Gasteiger partial charge in [-0.3, -0.25) is 4.79 Å². The average Bonchev–Trinajstić information content (AvgIpc) is 2.50. The van der Waals surface area contributed by atoms with Crippen LogP contribution in [-0.2, 0) is 11.3 Å². The van der Waals surface area contributed by atoms with Crippen LogP contribution in [-0.4, -0.2) is 12.0 Å². The number of carbonyl (C=O) groups is 1. The van der Waals surface area contributed by atoms with E-state index >= 15 is 0 Å². The molecule has 22 heavy (non-hydrogen) atoms. The summed E-state index contributed by atoms with van der Waals surface area (Å²) < 4.78 is 5.63. The molecule has 2 aromatic carbocycles. The van der Waals surface area contributed by atoms with Gasteiger partial charge < -0.3 is 10.1 Å². The van der Waals surface area contributed by atoms with E-state index in [1.54, 1.807) is 31.2 Å². The van der Waals surface area contributed by atoms with Crippen LogP contribution in [0.4, 0.5) is 0 Å². The highest BCUT2D eigenvalue weighted by atomic mass is 35.5. The molecular weight excluding hydrogens is 321 g/mol. The molecule has 116 valence electrons. The molecule has 0 aliphatic carbocycles. The number of aryl methyl sites for hydroxylation is 1. The molecule has 0 saturated heterocycles. The molecule has 2 aromatic rings. The Morgan fingerprint density at radius 2 is 1.86 bits per heavy atom. The molecular formula is C17H17Cl2NO2. The highest BCUT2D eigenvalue weighted by Gasteiger charge is 2.14. The molecule has 1 amide bonds. The lowest BCUT2D eigenvalue weighted by Crippen LogP contribution is -2.35. The Balaban J connectivity index is 1.88. The Hall–Kier alpha value is -1.71. The summed E-state index contributed by atoms with van der Waals surface area (Å²) in [6, 6.07) is 12.6. The fourth-order valence-electron chi connectivity index (χ4n) is 1.88. The van der Waals surface area contributed by atoms with Crippen molar-refractivity contribution in [2.45, 2.75) is 26.5 Å². The summed E-state index contributed by atoms with van der Waals surface area (Å²) in [7, 11) is 0.